The number of methoxy groups -OCH3 is 1. The molecule has 5 heteroatoms. The van der Waals surface area contributed by atoms with E-state index in [9.17, 15) is 4.79 Å². The lowest BCUT2D eigenvalue weighted by Crippen LogP contribution is -2.28. The van der Waals surface area contributed by atoms with E-state index in [1.54, 1.807) is 12.0 Å². The van der Waals surface area contributed by atoms with Crippen LogP contribution in [0.25, 0.3) is 0 Å². The lowest BCUT2D eigenvalue weighted by Gasteiger charge is -2.19. The average Bonchev–Trinajstić information content (AvgIpc) is 2.35. The van der Waals surface area contributed by atoms with Gasteiger partial charge in [-0.1, -0.05) is 12.1 Å². The molecule has 0 saturated carbocycles. The van der Waals surface area contributed by atoms with Gasteiger partial charge in [0.15, 0.2) is 0 Å². The Kier molecular flexibility index (Phi) is 8.37. The number of halogens is 1. The van der Waals surface area contributed by atoms with E-state index in [4.69, 9.17) is 10.5 Å². The summed E-state index contributed by atoms with van der Waals surface area (Å²) in [5, 5.41) is 0. The Morgan fingerprint density at radius 2 is 1.86 bits per heavy atom. The molecule has 1 aromatic carbocycles. The quantitative estimate of drug-likeness (QED) is 0.878. The summed E-state index contributed by atoms with van der Waals surface area (Å²) in [6, 6.07) is 4.21. The summed E-state index contributed by atoms with van der Waals surface area (Å²) in [7, 11) is 3.51. The molecule has 0 saturated heterocycles. The molecule has 0 aromatic heterocycles. The highest BCUT2D eigenvalue weighted by atomic mass is 35.5. The number of carbonyl (C=O) groups excluding carboxylic acids is 1. The van der Waals surface area contributed by atoms with Gasteiger partial charge in [0.25, 0.3) is 0 Å². The third kappa shape index (κ3) is 5.94. The van der Waals surface area contributed by atoms with Crippen molar-refractivity contribution in [3.05, 3.63) is 28.8 Å². The van der Waals surface area contributed by atoms with Gasteiger partial charge < -0.3 is 15.4 Å². The van der Waals surface area contributed by atoms with Gasteiger partial charge in [-0.2, -0.15) is 0 Å². The zero-order valence-electron chi connectivity index (χ0n) is 13.6. The number of nitrogens with two attached hydrogens (primary N) is 1. The maximum absolute atomic E-state index is 12.0. The molecule has 1 rings (SSSR count). The molecule has 0 bridgehead atoms. The fraction of sp³-hybridized carbons (Fsp3) is 0.562. The zero-order valence-corrected chi connectivity index (χ0v) is 14.4. The molecule has 1 aromatic rings. The number of aryl methyl sites for hydroxylation is 2. The van der Waals surface area contributed by atoms with E-state index in [1.165, 1.54) is 0 Å². The molecule has 1 unspecified atom stereocenters. The van der Waals surface area contributed by atoms with E-state index < -0.39 is 0 Å². The van der Waals surface area contributed by atoms with E-state index in [1.807, 2.05) is 27.8 Å². The molecule has 0 aliphatic rings. The number of hydrogen-bond acceptors (Lipinski definition) is 3. The first-order valence-corrected chi connectivity index (χ1v) is 6.98. The van der Waals surface area contributed by atoms with Crippen molar-refractivity contribution in [1.82, 2.24) is 4.90 Å². The first kappa shape index (κ1) is 19.7. The average molecular weight is 315 g/mol. The number of ether oxygens (including phenoxy) is 1. The van der Waals surface area contributed by atoms with Crippen LogP contribution in [0.4, 0.5) is 0 Å². The highest BCUT2D eigenvalue weighted by Gasteiger charge is 2.12. The van der Waals surface area contributed by atoms with Gasteiger partial charge in [-0.15, -0.1) is 12.4 Å². The summed E-state index contributed by atoms with van der Waals surface area (Å²) in [4.78, 5) is 13.7. The fourth-order valence-corrected chi connectivity index (χ4v) is 2.36. The Morgan fingerprint density at radius 1 is 1.33 bits per heavy atom. The lowest BCUT2D eigenvalue weighted by atomic mass is 10.1. The van der Waals surface area contributed by atoms with Crippen LogP contribution in [0.5, 0.6) is 5.75 Å². The molecule has 120 valence electrons. The molecular weight excluding hydrogens is 288 g/mol. The monoisotopic (exact) mass is 314 g/mol. The second kappa shape index (κ2) is 8.90. The van der Waals surface area contributed by atoms with Crippen LogP contribution in [0.3, 0.4) is 0 Å². The Labute approximate surface area is 134 Å². The third-order valence-corrected chi connectivity index (χ3v) is 3.38. The molecule has 0 fully saturated rings. The number of benzene rings is 1. The van der Waals surface area contributed by atoms with Crippen LogP contribution in [-0.2, 0) is 11.3 Å². The Morgan fingerprint density at radius 3 is 2.29 bits per heavy atom. The minimum absolute atomic E-state index is 0. The zero-order chi connectivity index (χ0) is 15.3. The molecule has 4 nitrogen and oxygen atoms in total. The second-order valence-electron chi connectivity index (χ2n) is 5.53. The normalized spacial score (nSPS) is 11.5. The first-order valence-electron chi connectivity index (χ1n) is 6.98. The van der Waals surface area contributed by atoms with Crippen molar-refractivity contribution in [3.8, 4) is 5.75 Å². The van der Waals surface area contributed by atoms with Crippen LogP contribution >= 0.6 is 12.4 Å². The highest BCUT2D eigenvalue weighted by molar-refractivity contribution is 5.85. The lowest BCUT2D eigenvalue weighted by molar-refractivity contribution is -0.130. The minimum Gasteiger partial charge on any atom is -0.496 e. The summed E-state index contributed by atoms with van der Waals surface area (Å²) >= 11 is 0. The number of nitrogens with zero attached hydrogens (tertiary/aromatic N) is 1. The van der Waals surface area contributed by atoms with Crippen LogP contribution < -0.4 is 10.5 Å². The largest absolute Gasteiger partial charge is 0.496 e. The highest BCUT2D eigenvalue weighted by Crippen LogP contribution is 2.24. The predicted molar refractivity (Wildman–Crippen MR) is 89.1 cm³/mol. The molecule has 0 heterocycles. The molecule has 1 amide bonds. The van der Waals surface area contributed by atoms with Gasteiger partial charge in [0.1, 0.15) is 5.75 Å². The van der Waals surface area contributed by atoms with Crippen molar-refractivity contribution in [1.29, 1.82) is 0 Å². The summed E-state index contributed by atoms with van der Waals surface area (Å²) in [6.45, 7) is 6.58. The van der Waals surface area contributed by atoms with Gasteiger partial charge in [-0.05, 0) is 43.9 Å². The Bertz CT molecular complexity index is 452. The molecule has 2 N–H and O–H groups in total. The van der Waals surface area contributed by atoms with Gasteiger partial charge in [0, 0.05) is 26.1 Å². The van der Waals surface area contributed by atoms with E-state index in [-0.39, 0.29) is 24.4 Å². The summed E-state index contributed by atoms with van der Waals surface area (Å²) in [6.07, 6.45) is 1.23. The minimum atomic E-state index is 0. The SMILES string of the molecule is COc1c(C)cc(CN(C)C(=O)CCC(C)N)cc1C.Cl. The maximum atomic E-state index is 12.0. The number of hydrogen-bond donors (Lipinski definition) is 1. The molecule has 0 aliphatic heterocycles. The van der Waals surface area contributed by atoms with E-state index in [2.05, 4.69) is 12.1 Å². The summed E-state index contributed by atoms with van der Waals surface area (Å²) < 4.78 is 5.35. The van der Waals surface area contributed by atoms with Gasteiger partial charge in [0.05, 0.1) is 7.11 Å². The van der Waals surface area contributed by atoms with Crippen LogP contribution in [0, 0.1) is 13.8 Å². The Balaban J connectivity index is 0.00000400. The Hall–Kier alpha value is -1.26. The number of amides is 1. The number of carbonyl (C=O) groups is 1. The van der Waals surface area contributed by atoms with Crippen LogP contribution in [0.1, 0.15) is 36.5 Å². The third-order valence-electron chi connectivity index (χ3n) is 3.38. The van der Waals surface area contributed by atoms with Crippen LogP contribution in [0.15, 0.2) is 12.1 Å². The van der Waals surface area contributed by atoms with Crippen LogP contribution in [0.2, 0.25) is 0 Å². The molecule has 21 heavy (non-hydrogen) atoms. The van der Waals surface area contributed by atoms with Crippen molar-refractivity contribution in [3.63, 3.8) is 0 Å². The van der Waals surface area contributed by atoms with Gasteiger partial charge in [-0.25, -0.2) is 0 Å². The van der Waals surface area contributed by atoms with Gasteiger partial charge in [-0.3, -0.25) is 4.79 Å². The van der Waals surface area contributed by atoms with E-state index in [0.29, 0.717) is 13.0 Å². The predicted octanol–water partition coefficient (Wildman–Crippen LogP) is 2.82. The van der Waals surface area contributed by atoms with E-state index >= 15 is 0 Å². The van der Waals surface area contributed by atoms with Crippen molar-refractivity contribution < 1.29 is 9.53 Å². The summed E-state index contributed by atoms with van der Waals surface area (Å²) in [5.74, 6) is 1.05. The van der Waals surface area contributed by atoms with E-state index in [0.717, 1.165) is 28.9 Å². The second-order valence-corrected chi connectivity index (χ2v) is 5.53. The van der Waals surface area contributed by atoms with Gasteiger partial charge >= 0.3 is 0 Å². The van der Waals surface area contributed by atoms with Crippen molar-refractivity contribution in [2.24, 2.45) is 5.73 Å². The maximum Gasteiger partial charge on any atom is 0.222 e. The topological polar surface area (TPSA) is 55.6 Å². The molecular formula is C16H27ClN2O2. The molecule has 0 spiro atoms. The van der Waals surface area contributed by atoms with Crippen molar-refractivity contribution in [2.75, 3.05) is 14.2 Å². The van der Waals surface area contributed by atoms with Crippen molar-refractivity contribution >= 4 is 18.3 Å². The molecule has 0 radical (unpaired) electrons. The first-order chi connectivity index (χ1) is 9.35. The van der Waals surface area contributed by atoms with Gasteiger partial charge in [0.2, 0.25) is 5.91 Å². The van der Waals surface area contributed by atoms with Crippen molar-refractivity contribution in [2.45, 2.75) is 46.2 Å². The molecule has 0 aliphatic carbocycles. The molecule has 1 atom stereocenters. The smallest absolute Gasteiger partial charge is 0.222 e. The fourth-order valence-electron chi connectivity index (χ4n) is 2.36. The van der Waals surface area contributed by atoms with Crippen LogP contribution in [-0.4, -0.2) is 31.0 Å². The summed E-state index contributed by atoms with van der Waals surface area (Å²) in [5.41, 5.74) is 9.00. The number of rotatable bonds is 6. The standard InChI is InChI=1S/C16H26N2O2.ClH/c1-11-8-14(9-12(2)16(11)20-5)10-18(4)15(19)7-6-13(3)17;/h8-9,13H,6-7,10,17H2,1-5H3;1H.